The van der Waals surface area contributed by atoms with E-state index in [1.54, 1.807) is 7.11 Å². The maximum Gasteiger partial charge on any atom is 0.308 e. The Morgan fingerprint density at radius 2 is 1.54 bits per heavy atom. The van der Waals surface area contributed by atoms with E-state index < -0.39 is 61.1 Å². The van der Waals surface area contributed by atoms with E-state index in [-0.39, 0.29) is 79.8 Å². The minimum Gasteiger partial charge on any atom is -0.457 e. The molecule has 13 nitrogen and oxygen atoms in total. The number of carbonyl (C=O) groups excluding carboxylic acids is 1. The van der Waals surface area contributed by atoms with Gasteiger partial charge in [0.1, 0.15) is 42.7 Å². The standard InChI is InChI=1S/C39H56O13/c1-18-11-22-5-7-25-19(2)12-24(44-25)9-10-39-16-30-35(51-39)36-37(49-30)38(52-39)33-26(48-36)8-6-23(46-33)14-31(42)50-34-29(15-27(45-22)20(18)3)47-28(32(34)43-4)13-21(41)17-40/h18,21-30,32-38,40-41H,2-3,5-17H2,1,4H3/t18-,21?,22+,23-,24+,25+,26+,27-,28+,29+,30-,32+,33+,34-,35+,36?,37-,38+,39+/m1/s1. The minimum atomic E-state index is -1.01. The van der Waals surface area contributed by atoms with Gasteiger partial charge in [-0.25, -0.2) is 0 Å². The van der Waals surface area contributed by atoms with E-state index in [0.29, 0.717) is 32.1 Å². The first-order valence-electron chi connectivity index (χ1n) is 19.8. The van der Waals surface area contributed by atoms with Crippen molar-refractivity contribution in [2.75, 3.05) is 13.7 Å². The zero-order chi connectivity index (χ0) is 35.9. The third-order valence-corrected chi connectivity index (χ3v) is 13.5. The van der Waals surface area contributed by atoms with Gasteiger partial charge in [0.25, 0.3) is 0 Å². The van der Waals surface area contributed by atoms with Crippen molar-refractivity contribution in [3.8, 4) is 0 Å². The van der Waals surface area contributed by atoms with Crippen molar-refractivity contribution >= 4 is 5.97 Å². The maximum atomic E-state index is 13.8. The summed E-state index contributed by atoms with van der Waals surface area (Å²) in [6.07, 6.45) is 1.15. The summed E-state index contributed by atoms with van der Waals surface area (Å²) in [5, 5.41) is 20.0. The smallest absolute Gasteiger partial charge is 0.308 e. The van der Waals surface area contributed by atoms with Gasteiger partial charge in [-0.05, 0) is 62.0 Å². The number of ether oxygens (including phenoxy) is 10. The lowest BCUT2D eigenvalue weighted by molar-refractivity contribution is -0.293. The molecule has 10 aliphatic heterocycles. The van der Waals surface area contributed by atoms with Crippen LogP contribution in [-0.4, -0.2) is 139 Å². The van der Waals surface area contributed by atoms with Crippen LogP contribution in [0.3, 0.4) is 0 Å². The highest BCUT2D eigenvalue weighted by atomic mass is 16.8. The molecule has 2 N–H and O–H groups in total. The Morgan fingerprint density at radius 3 is 2.37 bits per heavy atom. The molecule has 0 saturated carbocycles. The van der Waals surface area contributed by atoms with Gasteiger partial charge < -0.3 is 57.6 Å². The van der Waals surface area contributed by atoms with Crippen molar-refractivity contribution < 1.29 is 62.4 Å². The summed E-state index contributed by atoms with van der Waals surface area (Å²) in [5.74, 6) is -1.01. The number of fused-ring (bicyclic) bond motifs is 6. The van der Waals surface area contributed by atoms with Gasteiger partial charge in [0.05, 0.1) is 68.0 Å². The summed E-state index contributed by atoms with van der Waals surface area (Å²) in [6.45, 7) is 10.6. The lowest BCUT2D eigenvalue weighted by Crippen LogP contribution is -2.61. The number of hydrogen-bond acceptors (Lipinski definition) is 13. The van der Waals surface area contributed by atoms with Crippen LogP contribution in [0.1, 0.15) is 84.0 Å². The molecule has 13 heteroatoms. The molecule has 19 atom stereocenters. The van der Waals surface area contributed by atoms with Crippen molar-refractivity contribution in [1.82, 2.24) is 0 Å². The highest BCUT2D eigenvalue weighted by molar-refractivity contribution is 5.70. The Labute approximate surface area is 305 Å². The van der Waals surface area contributed by atoms with Crippen LogP contribution >= 0.6 is 0 Å². The van der Waals surface area contributed by atoms with Crippen LogP contribution in [0, 0.1) is 5.92 Å². The van der Waals surface area contributed by atoms with Gasteiger partial charge in [-0.2, -0.15) is 0 Å². The van der Waals surface area contributed by atoms with Crippen LogP contribution in [0.5, 0.6) is 0 Å². The summed E-state index contributed by atoms with van der Waals surface area (Å²) in [7, 11) is 1.55. The van der Waals surface area contributed by atoms with E-state index in [4.69, 9.17) is 47.4 Å². The summed E-state index contributed by atoms with van der Waals surface area (Å²) in [4.78, 5) is 13.8. The van der Waals surface area contributed by atoms with Crippen LogP contribution in [-0.2, 0) is 52.2 Å². The van der Waals surface area contributed by atoms with Gasteiger partial charge in [0.2, 0.25) is 0 Å². The molecule has 0 aromatic carbocycles. The van der Waals surface area contributed by atoms with Crippen molar-refractivity contribution in [1.29, 1.82) is 0 Å². The van der Waals surface area contributed by atoms with Crippen LogP contribution in [0.2, 0.25) is 0 Å². The highest BCUT2D eigenvalue weighted by Gasteiger charge is 2.68. The number of rotatable bonds is 4. The summed E-state index contributed by atoms with van der Waals surface area (Å²) in [5.41, 5.74) is 2.10. The molecule has 0 aromatic heterocycles. The SMILES string of the molecule is C=C1C[C@@H]2CC[C@@]34C[C@H]5O[C@@H]6C(O[C@H]7CC[C@H](CC(=O)O[C@H]8[C@@H](OC)[C@H](CC(O)CO)O[C@H]8C[C@H]8O[C@@H](CC[C@@H]1O2)C[C@@H](C)C8=C)O[C@@H]7[C@@H]6O3)[C@H]5O4. The molecule has 10 fully saturated rings. The fourth-order valence-electron chi connectivity index (χ4n) is 10.8. The predicted octanol–water partition coefficient (Wildman–Crippen LogP) is 2.81. The lowest BCUT2D eigenvalue weighted by Gasteiger charge is -2.47. The molecule has 0 radical (unpaired) electrons. The number of hydrogen-bond donors (Lipinski definition) is 2. The second-order valence-electron chi connectivity index (χ2n) is 16.9. The largest absolute Gasteiger partial charge is 0.457 e. The molecular formula is C39H56O13. The van der Waals surface area contributed by atoms with Crippen molar-refractivity contribution in [3.63, 3.8) is 0 Å². The number of aliphatic hydroxyl groups excluding tert-OH is 2. The van der Waals surface area contributed by atoms with Crippen LogP contribution in [0.15, 0.2) is 24.3 Å². The van der Waals surface area contributed by atoms with Gasteiger partial charge in [-0.1, -0.05) is 20.1 Å². The molecule has 290 valence electrons. The van der Waals surface area contributed by atoms with Gasteiger partial charge in [-0.15, -0.1) is 0 Å². The maximum absolute atomic E-state index is 13.8. The number of carbonyl (C=O) groups is 1. The molecule has 10 rings (SSSR count). The number of esters is 1. The number of methoxy groups -OCH3 is 1. The Kier molecular flexibility index (Phi) is 9.89. The van der Waals surface area contributed by atoms with Crippen LogP contribution in [0.25, 0.3) is 0 Å². The van der Waals surface area contributed by atoms with Gasteiger partial charge in [0.15, 0.2) is 11.9 Å². The zero-order valence-corrected chi connectivity index (χ0v) is 30.4. The fraction of sp³-hybridized carbons (Fsp3) is 0.872. The Morgan fingerprint density at radius 1 is 0.788 bits per heavy atom. The van der Waals surface area contributed by atoms with Crippen LogP contribution < -0.4 is 0 Å². The van der Waals surface area contributed by atoms with Crippen molar-refractivity contribution in [2.24, 2.45) is 5.92 Å². The molecule has 0 aromatic rings. The normalized spacial score (nSPS) is 52.2. The second kappa shape index (κ2) is 14.2. The molecule has 2 unspecified atom stereocenters. The molecule has 0 amide bonds. The Bertz CT molecular complexity index is 1380. The first-order valence-corrected chi connectivity index (χ1v) is 19.8. The third-order valence-electron chi connectivity index (χ3n) is 13.5. The van der Waals surface area contributed by atoms with Crippen molar-refractivity contribution in [3.05, 3.63) is 24.3 Å². The Balaban J connectivity index is 0.994. The highest BCUT2D eigenvalue weighted by Crippen LogP contribution is 2.54. The quantitative estimate of drug-likeness (QED) is 0.323. The Hall–Kier alpha value is -1.49. The minimum absolute atomic E-state index is 0.0122. The van der Waals surface area contributed by atoms with E-state index in [1.807, 2.05) is 0 Å². The van der Waals surface area contributed by atoms with Crippen molar-refractivity contribution in [2.45, 2.75) is 194 Å². The van der Waals surface area contributed by atoms with Gasteiger partial charge >= 0.3 is 5.97 Å². The molecule has 10 saturated heterocycles. The lowest BCUT2D eigenvalue weighted by atomic mass is 9.84. The second-order valence-corrected chi connectivity index (χ2v) is 16.9. The average Bonchev–Trinajstić information content (AvgIpc) is 3.79. The zero-order valence-electron chi connectivity index (χ0n) is 30.4. The third kappa shape index (κ3) is 6.53. The number of aliphatic hydroxyl groups is 2. The molecule has 52 heavy (non-hydrogen) atoms. The van der Waals surface area contributed by atoms with Crippen LogP contribution in [0.4, 0.5) is 0 Å². The first kappa shape index (κ1) is 36.2. The summed E-state index contributed by atoms with van der Waals surface area (Å²) >= 11 is 0. The first-order chi connectivity index (χ1) is 25.1. The fourth-order valence-corrected chi connectivity index (χ4v) is 10.8. The molecule has 10 aliphatic rings. The van der Waals surface area contributed by atoms with E-state index in [0.717, 1.165) is 43.3 Å². The molecular weight excluding hydrogens is 676 g/mol. The average molecular weight is 733 g/mol. The predicted molar refractivity (Wildman–Crippen MR) is 181 cm³/mol. The monoisotopic (exact) mass is 732 g/mol. The summed E-state index contributed by atoms with van der Waals surface area (Å²) in [6, 6.07) is 0. The van der Waals surface area contributed by atoms with E-state index in [9.17, 15) is 15.0 Å². The summed E-state index contributed by atoms with van der Waals surface area (Å²) < 4.78 is 65.6. The molecule has 10 heterocycles. The molecule has 12 bridgehead atoms. The molecule has 1 spiro atoms. The van der Waals surface area contributed by atoms with Gasteiger partial charge in [0, 0.05) is 32.8 Å². The topological polar surface area (TPSA) is 150 Å². The van der Waals surface area contributed by atoms with E-state index >= 15 is 0 Å². The van der Waals surface area contributed by atoms with Gasteiger partial charge in [-0.3, -0.25) is 4.79 Å². The van der Waals surface area contributed by atoms with E-state index in [1.165, 1.54) is 0 Å². The van der Waals surface area contributed by atoms with E-state index in [2.05, 4.69) is 20.1 Å². The molecule has 0 aliphatic carbocycles.